The Morgan fingerprint density at radius 2 is 1.90 bits per heavy atom. The third-order valence-electron chi connectivity index (χ3n) is 4.71. The van der Waals surface area contributed by atoms with Gasteiger partial charge in [0.05, 0.1) is 0 Å². The Morgan fingerprint density at radius 3 is 2.60 bits per heavy atom. The molecule has 0 aromatic carbocycles. The van der Waals surface area contributed by atoms with E-state index in [1.807, 2.05) is 0 Å². The van der Waals surface area contributed by atoms with E-state index in [1.54, 1.807) is 0 Å². The Kier molecular flexibility index (Phi) is 8.20. The molecule has 118 valence electrons. The van der Waals surface area contributed by atoms with Gasteiger partial charge in [-0.25, -0.2) is 0 Å². The number of carbonyl (C=O) groups excluding carboxylic acids is 1. The number of nitrogens with one attached hydrogen (secondary N) is 1. The first-order chi connectivity index (χ1) is 9.52. The molecule has 0 aromatic rings. The molecule has 0 aromatic heterocycles. The van der Waals surface area contributed by atoms with E-state index in [0.717, 1.165) is 38.1 Å². The van der Waals surface area contributed by atoms with E-state index < -0.39 is 0 Å². The summed E-state index contributed by atoms with van der Waals surface area (Å²) in [6.07, 6.45) is 9.45. The van der Waals surface area contributed by atoms with E-state index in [4.69, 9.17) is 5.73 Å². The lowest BCUT2D eigenvalue weighted by molar-refractivity contribution is -0.127. The van der Waals surface area contributed by atoms with Crippen molar-refractivity contribution in [1.82, 2.24) is 5.32 Å². The molecule has 1 aliphatic rings. The van der Waals surface area contributed by atoms with Crippen molar-refractivity contribution in [3.05, 3.63) is 0 Å². The van der Waals surface area contributed by atoms with Crippen LogP contribution >= 0.6 is 0 Å². The summed E-state index contributed by atoms with van der Waals surface area (Å²) in [5.41, 5.74) is 6.06. The van der Waals surface area contributed by atoms with Gasteiger partial charge in [0.1, 0.15) is 0 Å². The normalized spacial score (nSPS) is 26.8. The average Bonchev–Trinajstić information content (AvgIpc) is 2.40. The molecule has 1 saturated carbocycles. The standard InChI is InChI=1S/C17H34N2O/c1-13(2)9-6-4-5-7-12-19-17(20)15-10-8-11-16(18)14(15)3/h13-16H,4-12,18H2,1-3H3,(H,19,20). The van der Waals surface area contributed by atoms with Gasteiger partial charge in [0.15, 0.2) is 0 Å². The van der Waals surface area contributed by atoms with Gasteiger partial charge in [-0.05, 0) is 31.1 Å². The molecule has 3 atom stereocenters. The van der Waals surface area contributed by atoms with E-state index in [9.17, 15) is 4.79 Å². The number of nitrogens with two attached hydrogens (primary N) is 1. The molecule has 0 bridgehead atoms. The maximum atomic E-state index is 12.2. The minimum absolute atomic E-state index is 0.139. The summed E-state index contributed by atoms with van der Waals surface area (Å²) in [7, 11) is 0. The predicted octanol–water partition coefficient (Wildman–Crippen LogP) is 3.47. The van der Waals surface area contributed by atoms with Crippen LogP contribution in [0.4, 0.5) is 0 Å². The summed E-state index contributed by atoms with van der Waals surface area (Å²) in [6, 6.07) is 0.204. The van der Waals surface area contributed by atoms with Gasteiger partial charge in [0, 0.05) is 18.5 Å². The second-order valence-electron chi connectivity index (χ2n) is 6.95. The maximum Gasteiger partial charge on any atom is 0.223 e. The van der Waals surface area contributed by atoms with Crippen LogP contribution in [0.2, 0.25) is 0 Å². The van der Waals surface area contributed by atoms with Crippen molar-refractivity contribution >= 4 is 5.91 Å². The molecule has 1 amide bonds. The second kappa shape index (κ2) is 9.38. The fraction of sp³-hybridized carbons (Fsp3) is 0.941. The Hall–Kier alpha value is -0.570. The first-order valence-corrected chi connectivity index (χ1v) is 8.55. The molecule has 0 aliphatic heterocycles. The molecule has 0 heterocycles. The molecule has 20 heavy (non-hydrogen) atoms. The highest BCUT2D eigenvalue weighted by Gasteiger charge is 2.32. The topological polar surface area (TPSA) is 55.1 Å². The molecule has 0 spiro atoms. The van der Waals surface area contributed by atoms with E-state index in [-0.39, 0.29) is 17.9 Å². The minimum atomic E-state index is 0.139. The highest BCUT2D eigenvalue weighted by atomic mass is 16.1. The minimum Gasteiger partial charge on any atom is -0.356 e. The highest BCUT2D eigenvalue weighted by Crippen LogP contribution is 2.28. The van der Waals surface area contributed by atoms with E-state index in [1.165, 1.54) is 25.7 Å². The average molecular weight is 282 g/mol. The summed E-state index contributed by atoms with van der Waals surface area (Å²) in [6.45, 7) is 7.51. The van der Waals surface area contributed by atoms with Crippen LogP contribution in [0.15, 0.2) is 0 Å². The van der Waals surface area contributed by atoms with Crippen LogP contribution in [0.1, 0.15) is 72.1 Å². The van der Waals surface area contributed by atoms with Crippen molar-refractivity contribution in [3.63, 3.8) is 0 Å². The van der Waals surface area contributed by atoms with Crippen molar-refractivity contribution < 1.29 is 4.79 Å². The van der Waals surface area contributed by atoms with Crippen molar-refractivity contribution in [2.24, 2.45) is 23.5 Å². The van der Waals surface area contributed by atoms with Gasteiger partial charge in [-0.1, -0.05) is 52.9 Å². The molecule has 0 saturated heterocycles. The van der Waals surface area contributed by atoms with E-state index in [2.05, 4.69) is 26.1 Å². The van der Waals surface area contributed by atoms with Gasteiger partial charge in [-0.3, -0.25) is 4.79 Å². The third-order valence-corrected chi connectivity index (χ3v) is 4.71. The summed E-state index contributed by atoms with van der Waals surface area (Å²) in [5, 5.41) is 3.11. The molecule has 1 fully saturated rings. The van der Waals surface area contributed by atoms with Crippen LogP contribution in [0.5, 0.6) is 0 Å². The molecule has 1 rings (SSSR count). The van der Waals surface area contributed by atoms with Crippen LogP contribution in [0.25, 0.3) is 0 Å². The SMILES string of the molecule is CC(C)CCCCCCNC(=O)C1CCCC(N)C1C. The van der Waals surface area contributed by atoms with Crippen molar-refractivity contribution in [2.75, 3.05) is 6.54 Å². The Labute approximate surface area is 125 Å². The molecule has 1 aliphatic carbocycles. The van der Waals surface area contributed by atoms with Crippen LogP contribution in [-0.4, -0.2) is 18.5 Å². The highest BCUT2D eigenvalue weighted by molar-refractivity contribution is 5.79. The molecule has 0 radical (unpaired) electrons. The fourth-order valence-electron chi connectivity index (χ4n) is 3.14. The van der Waals surface area contributed by atoms with Crippen molar-refractivity contribution in [2.45, 2.75) is 78.2 Å². The van der Waals surface area contributed by atoms with E-state index in [0.29, 0.717) is 5.92 Å². The maximum absolute atomic E-state index is 12.2. The molecule has 3 unspecified atom stereocenters. The molecular weight excluding hydrogens is 248 g/mol. The molecule has 3 nitrogen and oxygen atoms in total. The number of unbranched alkanes of at least 4 members (excludes halogenated alkanes) is 3. The first kappa shape index (κ1) is 17.5. The van der Waals surface area contributed by atoms with Crippen LogP contribution in [0, 0.1) is 17.8 Å². The van der Waals surface area contributed by atoms with Gasteiger partial charge in [-0.15, -0.1) is 0 Å². The van der Waals surface area contributed by atoms with Crippen molar-refractivity contribution in [3.8, 4) is 0 Å². The molecule has 3 N–H and O–H groups in total. The molecular formula is C17H34N2O. The van der Waals surface area contributed by atoms with Crippen LogP contribution < -0.4 is 11.1 Å². The monoisotopic (exact) mass is 282 g/mol. The lowest BCUT2D eigenvalue weighted by Crippen LogP contribution is -2.44. The largest absolute Gasteiger partial charge is 0.356 e. The number of amides is 1. The zero-order valence-electron chi connectivity index (χ0n) is 13.7. The predicted molar refractivity (Wildman–Crippen MR) is 85.4 cm³/mol. The van der Waals surface area contributed by atoms with E-state index >= 15 is 0 Å². The Bertz CT molecular complexity index is 278. The zero-order valence-corrected chi connectivity index (χ0v) is 13.7. The van der Waals surface area contributed by atoms with Gasteiger partial charge in [-0.2, -0.15) is 0 Å². The second-order valence-corrected chi connectivity index (χ2v) is 6.95. The smallest absolute Gasteiger partial charge is 0.223 e. The van der Waals surface area contributed by atoms with Gasteiger partial charge >= 0.3 is 0 Å². The van der Waals surface area contributed by atoms with Crippen LogP contribution in [0.3, 0.4) is 0 Å². The number of rotatable bonds is 8. The van der Waals surface area contributed by atoms with Crippen LogP contribution in [-0.2, 0) is 4.79 Å². The van der Waals surface area contributed by atoms with Gasteiger partial charge in [0.2, 0.25) is 5.91 Å². The fourth-order valence-corrected chi connectivity index (χ4v) is 3.14. The van der Waals surface area contributed by atoms with Gasteiger partial charge in [0.25, 0.3) is 0 Å². The lowest BCUT2D eigenvalue weighted by atomic mass is 9.77. The zero-order chi connectivity index (χ0) is 15.0. The summed E-state index contributed by atoms with van der Waals surface area (Å²) >= 11 is 0. The number of hydrogen-bond acceptors (Lipinski definition) is 2. The first-order valence-electron chi connectivity index (χ1n) is 8.55. The Morgan fingerprint density at radius 1 is 1.20 bits per heavy atom. The number of hydrogen-bond donors (Lipinski definition) is 2. The quantitative estimate of drug-likeness (QED) is 0.670. The number of carbonyl (C=O) groups is 1. The molecule has 3 heteroatoms. The summed E-state index contributed by atoms with van der Waals surface area (Å²) < 4.78 is 0. The Balaban J connectivity index is 2.08. The third kappa shape index (κ3) is 6.25. The van der Waals surface area contributed by atoms with Crippen molar-refractivity contribution in [1.29, 1.82) is 0 Å². The summed E-state index contributed by atoms with van der Waals surface area (Å²) in [5.74, 6) is 1.51. The lowest BCUT2D eigenvalue weighted by Gasteiger charge is -2.32. The van der Waals surface area contributed by atoms with Gasteiger partial charge < -0.3 is 11.1 Å². The summed E-state index contributed by atoms with van der Waals surface area (Å²) in [4.78, 5) is 12.2.